The first kappa shape index (κ1) is 13.3. The van der Waals surface area contributed by atoms with Crippen LogP contribution >= 0.6 is 0 Å². The second kappa shape index (κ2) is 5.69. The lowest BCUT2D eigenvalue weighted by atomic mass is 9.70. The minimum absolute atomic E-state index is 0.118. The van der Waals surface area contributed by atoms with Crippen LogP contribution in [0.25, 0.3) is 0 Å². The molecule has 0 bridgehead atoms. The molecule has 1 saturated carbocycles. The Morgan fingerprint density at radius 1 is 1.39 bits per heavy atom. The highest BCUT2D eigenvalue weighted by molar-refractivity contribution is 5.18. The summed E-state index contributed by atoms with van der Waals surface area (Å²) >= 11 is 0. The van der Waals surface area contributed by atoms with Crippen molar-refractivity contribution >= 4 is 6.01 Å². The number of nitrogens with one attached hydrogen (secondary N) is 2. The monoisotopic (exact) mass is 252 g/mol. The number of anilines is 1. The average molecular weight is 252 g/mol. The van der Waals surface area contributed by atoms with Gasteiger partial charge in [-0.3, -0.25) is 0 Å². The molecule has 1 aliphatic carbocycles. The highest BCUT2D eigenvalue weighted by Crippen LogP contribution is 2.40. The van der Waals surface area contributed by atoms with Gasteiger partial charge in [0.05, 0.1) is 6.04 Å². The minimum atomic E-state index is 0.118. The van der Waals surface area contributed by atoms with Gasteiger partial charge < -0.3 is 15.1 Å². The zero-order valence-electron chi connectivity index (χ0n) is 11.6. The lowest BCUT2D eigenvalue weighted by Crippen LogP contribution is -2.33. The molecule has 5 nitrogen and oxygen atoms in total. The molecule has 102 valence electrons. The Labute approximate surface area is 109 Å². The molecule has 0 aromatic carbocycles. The molecule has 1 unspecified atom stereocenters. The van der Waals surface area contributed by atoms with Gasteiger partial charge in [-0.15, -0.1) is 5.10 Å². The van der Waals surface area contributed by atoms with E-state index in [9.17, 15) is 0 Å². The van der Waals surface area contributed by atoms with Crippen molar-refractivity contribution < 1.29 is 4.42 Å². The molecule has 2 N–H and O–H groups in total. The molecule has 1 aromatic rings. The van der Waals surface area contributed by atoms with E-state index in [0.717, 1.165) is 19.5 Å². The maximum atomic E-state index is 5.61. The van der Waals surface area contributed by atoms with Crippen molar-refractivity contribution in [3.63, 3.8) is 0 Å². The standard InChI is InChI=1S/C13H24N4O/c1-4-8-14-10(2)11-16-17-12(18-11)15-9-13(3)6-5-7-13/h10,14H,4-9H2,1-3H3,(H,15,17). The van der Waals surface area contributed by atoms with Crippen LogP contribution in [0.15, 0.2) is 4.42 Å². The smallest absolute Gasteiger partial charge is 0.315 e. The Kier molecular flexibility index (Phi) is 4.22. The van der Waals surface area contributed by atoms with E-state index in [4.69, 9.17) is 4.42 Å². The van der Waals surface area contributed by atoms with Crippen molar-refractivity contribution in [3.05, 3.63) is 5.89 Å². The molecule has 1 heterocycles. The zero-order valence-corrected chi connectivity index (χ0v) is 11.6. The van der Waals surface area contributed by atoms with Gasteiger partial charge in [0, 0.05) is 6.54 Å². The second-order valence-corrected chi connectivity index (χ2v) is 5.64. The van der Waals surface area contributed by atoms with Crippen LogP contribution in [0.4, 0.5) is 6.01 Å². The van der Waals surface area contributed by atoms with Crippen LogP contribution < -0.4 is 10.6 Å². The van der Waals surface area contributed by atoms with Gasteiger partial charge in [-0.25, -0.2) is 0 Å². The molecule has 1 fully saturated rings. The molecule has 1 atom stereocenters. The first-order valence-electron chi connectivity index (χ1n) is 6.94. The molecular formula is C13H24N4O. The number of hydrogen-bond donors (Lipinski definition) is 2. The van der Waals surface area contributed by atoms with E-state index in [-0.39, 0.29) is 6.04 Å². The normalized spacial score (nSPS) is 19.3. The summed E-state index contributed by atoms with van der Waals surface area (Å²) in [6.45, 7) is 8.36. The Hall–Kier alpha value is -1.10. The largest absolute Gasteiger partial charge is 0.406 e. The Balaban J connectivity index is 1.81. The van der Waals surface area contributed by atoms with Crippen molar-refractivity contribution in [2.45, 2.75) is 52.5 Å². The van der Waals surface area contributed by atoms with Crippen LogP contribution in [0.5, 0.6) is 0 Å². The second-order valence-electron chi connectivity index (χ2n) is 5.64. The predicted octanol–water partition coefficient (Wildman–Crippen LogP) is 2.73. The van der Waals surface area contributed by atoms with Crippen molar-refractivity contribution in [2.75, 3.05) is 18.4 Å². The van der Waals surface area contributed by atoms with Gasteiger partial charge in [-0.1, -0.05) is 25.4 Å². The molecule has 0 amide bonds. The fourth-order valence-corrected chi connectivity index (χ4v) is 2.18. The van der Waals surface area contributed by atoms with Crippen LogP contribution in [0.2, 0.25) is 0 Å². The zero-order chi connectivity index (χ0) is 13.0. The number of aromatic nitrogens is 2. The maximum absolute atomic E-state index is 5.61. The topological polar surface area (TPSA) is 63.0 Å². The number of hydrogen-bond acceptors (Lipinski definition) is 5. The van der Waals surface area contributed by atoms with Crippen LogP contribution in [0.3, 0.4) is 0 Å². The van der Waals surface area contributed by atoms with Gasteiger partial charge in [-0.2, -0.15) is 0 Å². The highest BCUT2D eigenvalue weighted by atomic mass is 16.4. The molecule has 1 aliphatic rings. The Morgan fingerprint density at radius 3 is 2.78 bits per heavy atom. The van der Waals surface area contributed by atoms with Crippen LogP contribution in [0, 0.1) is 5.41 Å². The molecule has 5 heteroatoms. The minimum Gasteiger partial charge on any atom is -0.406 e. The lowest BCUT2D eigenvalue weighted by molar-refractivity contribution is 0.178. The van der Waals surface area contributed by atoms with Gasteiger partial charge in [0.1, 0.15) is 0 Å². The summed E-state index contributed by atoms with van der Waals surface area (Å²) in [6.07, 6.45) is 5.01. The Bertz CT molecular complexity index is 373. The van der Waals surface area contributed by atoms with E-state index in [0.29, 0.717) is 17.3 Å². The van der Waals surface area contributed by atoms with Crippen LogP contribution in [0.1, 0.15) is 58.4 Å². The molecule has 0 spiro atoms. The summed E-state index contributed by atoms with van der Waals surface area (Å²) in [7, 11) is 0. The van der Waals surface area contributed by atoms with E-state index in [2.05, 4.69) is 34.7 Å². The van der Waals surface area contributed by atoms with Crippen molar-refractivity contribution in [1.29, 1.82) is 0 Å². The quantitative estimate of drug-likeness (QED) is 0.781. The molecule has 0 aliphatic heterocycles. The fourth-order valence-electron chi connectivity index (χ4n) is 2.18. The van der Waals surface area contributed by atoms with Gasteiger partial charge >= 0.3 is 6.01 Å². The number of rotatable bonds is 7. The van der Waals surface area contributed by atoms with Crippen LogP contribution in [-0.2, 0) is 0 Å². The Morgan fingerprint density at radius 2 is 2.17 bits per heavy atom. The first-order valence-corrected chi connectivity index (χ1v) is 6.94. The number of nitrogens with zero attached hydrogens (tertiary/aromatic N) is 2. The van der Waals surface area contributed by atoms with E-state index in [1.807, 2.05) is 6.92 Å². The van der Waals surface area contributed by atoms with Gasteiger partial charge in [0.15, 0.2) is 0 Å². The van der Waals surface area contributed by atoms with Crippen molar-refractivity contribution in [2.24, 2.45) is 5.41 Å². The van der Waals surface area contributed by atoms with E-state index >= 15 is 0 Å². The van der Waals surface area contributed by atoms with Gasteiger partial charge in [0.25, 0.3) is 0 Å². The fraction of sp³-hybridized carbons (Fsp3) is 0.846. The highest BCUT2D eigenvalue weighted by Gasteiger charge is 2.31. The third-order valence-electron chi connectivity index (χ3n) is 3.74. The molecule has 0 radical (unpaired) electrons. The summed E-state index contributed by atoms with van der Waals surface area (Å²) < 4.78 is 5.61. The summed E-state index contributed by atoms with van der Waals surface area (Å²) in [5.74, 6) is 0.657. The summed E-state index contributed by atoms with van der Waals surface area (Å²) in [5, 5.41) is 14.7. The van der Waals surface area contributed by atoms with E-state index in [1.54, 1.807) is 0 Å². The molecule has 2 rings (SSSR count). The molecular weight excluding hydrogens is 228 g/mol. The SMILES string of the molecule is CCCNC(C)c1nnc(NCC2(C)CCC2)o1. The van der Waals surface area contributed by atoms with Gasteiger partial charge in [-0.05, 0) is 38.1 Å². The van der Waals surface area contributed by atoms with E-state index in [1.165, 1.54) is 19.3 Å². The lowest BCUT2D eigenvalue weighted by Gasteiger charge is -2.38. The van der Waals surface area contributed by atoms with Crippen molar-refractivity contribution in [3.8, 4) is 0 Å². The maximum Gasteiger partial charge on any atom is 0.315 e. The first-order chi connectivity index (χ1) is 8.63. The summed E-state index contributed by atoms with van der Waals surface area (Å²) in [6, 6.07) is 0.663. The third kappa shape index (κ3) is 3.22. The summed E-state index contributed by atoms with van der Waals surface area (Å²) in [5.41, 5.74) is 0.417. The third-order valence-corrected chi connectivity index (χ3v) is 3.74. The van der Waals surface area contributed by atoms with Gasteiger partial charge in [0.2, 0.25) is 5.89 Å². The molecule has 18 heavy (non-hydrogen) atoms. The summed E-state index contributed by atoms with van der Waals surface area (Å²) in [4.78, 5) is 0. The van der Waals surface area contributed by atoms with Crippen molar-refractivity contribution in [1.82, 2.24) is 15.5 Å². The van der Waals surface area contributed by atoms with E-state index < -0.39 is 0 Å². The molecule has 0 saturated heterocycles. The average Bonchev–Trinajstić information content (AvgIpc) is 2.80. The van der Waals surface area contributed by atoms with Crippen LogP contribution in [-0.4, -0.2) is 23.3 Å². The predicted molar refractivity (Wildman–Crippen MR) is 71.5 cm³/mol. The molecule has 1 aromatic heterocycles.